The number of hydrogen-bond acceptors (Lipinski definition) is 4. The summed E-state index contributed by atoms with van der Waals surface area (Å²) in [5, 5.41) is 30.2. The highest BCUT2D eigenvalue weighted by atomic mass is 35.5. The fraction of sp³-hybridized carbons (Fsp3) is 0.462. The van der Waals surface area contributed by atoms with E-state index in [0.717, 1.165) is 0 Å². The summed E-state index contributed by atoms with van der Waals surface area (Å²) in [5.41, 5.74) is -0.278. The summed E-state index contributed by atoms with van der Waals surface area (Å²) in [6.07, 6.45) is -7.13. The first kappa shape index (κ1) is 29.2. The molecule has 1 saturated heterocycles. The van der Waals surface area contributed by atoms with Crippen LogP contribution in [0.2, 0.25) is 10.0 Å². The zero-order chi connectivity index (χ0) is 27.8. The predicted molar refractivity (Wildman–Crippen MR) is 132 cm³/mol. The number of carbonyl (C=O) groups is 2. The largest absolute Gasteiger partial charge is 0.481 e. The van der Waals surface area contributed by atoms with Gasteiger partial charge in [0.05, 0.1) is 17.9 Å². The molecule has 0 aliphatic carbocycles. The molecule has 1 aliphatic heterocycles. The van der Waals surface area contributed by atoms with Crippen LogP contribution in [-0.4, -0.2) is 50.1 Å². The summed E-state index contributed by atoms with van der Waals surface area (Å²) >= 11 is 12.3. The van der Waals surface area contributed by atoms with Gasteiger partial charge in [0.2, 0.25) is 5.91 Å². The van der Waals surface area contributed by atoms with E-state index in [9.17, 15) is 38.1 Å². The maximum Gasteiger partial charge on any atom is 0.442 e. The van der Waals surface area contributed by atoms with Crippen LogP contribution in [0, 0.1) is 5.41 Å². The summed E-state index contributed by atoms with van der Waals surface area (Å²) < 4.78 is 40.4. The van der Waals surface area contributed by atoms with Gasteiger partial charge in [0.25, 0.3) is 5.79 Å². The topological polar surface area (TPSA) is 98.1 Å². The molecule has 202 valence electrons. The maximum absolute atomic E-state index is 14.0. The second kappa shape index (κ2) is 10.8. The molecule has 2 aromatic carbocycles. The smallest absolute Gasteiger partial charge is 0.442 e. The molecule has 4 atom stereocenters. The number of amides is 1. The van der Waals surface area contributed by atoms with Gasteiger partial charge in [-0.3, -0.25) is 9.59 Å². The highest BCUT2D eigenvalue weighted by Crippen LogP contribution is 2.53. The Morgan fingerprint density at radius 2 is 1.73 bits per heavy atom. The van der Waals surface area contributed by atoms with Crippen LogP contribution in [0.4, 0.5) is 13.2 Å². The van der Waals surface area contributed by atoms with Gasteiger partial charge in [-0.2, -0.15) is 13.2 Å². The molecule has 1 fully saturated rings. The number of hydrogen-bond donors (Lipinski definition) is 3. The van der Waals surface area contributed by atoms with E-state index in [4.69, 9.17) is 23.2 Å². The van der Waals surface area contributed by atoms with Gasteiger partial charge in [0, 0.05) is 28.4 Å². The first-order valence-corrected chi connectivity index (χ1v) is 12.4. The van der Waals surface area contributed by atoms with Crippen molar-refractivity contribution < 1.29 is 38.1 Å². The molecule has 0 bridgehead atoms. The Bertz CT molecular complexity index is 1140. The van der Waals surface area contributed by atoms with Crippen LogP contribution in [0.5, 0.6) is 0 Å². The van der Waals surface area contributed by atoms with E-state index < -0.39 is 60.1 Å². The number of likely N-dealkylation sites (tertiary alicyclic amines) is 1. The predicted octanol–water partition coefficient (Wildman–Crippen LogP) is 5.94. The number of aliphatic carboxylic acids is 1. The Kier molecular flexibility index (Phi) is 8.54. The molecule has 37 heavy (non-hydrogen) atoms. The minimum Gasteiger partial charge on any atom is -0.481 e. The molecule has 3 rings (SSSR count). The van der Waals surface area contributed by atoms with Crippen LogP contribution in [0.15, 0.2) is 48.5 Å². The second-order valence-electron chi connectivity index (χ2n) is 9.79. The number of halogens is 5. The maximum atomic E-state index is 14.0. The number of piperidine rings is 1. The number of carbonyl (C=O) groups excluding carboxylic acids is 1. The zero-order valence-corrected chi connectivity index (χ0v) is 21.7. The van der Waals surface area contributed by atoms with E-state index >= 15 is 0 Å². The standard InChI is InChI=1S/C26H28Cl2F3NO5/c1-3-19(12-25(36,37)26(29,30)31)32-22(15-7-9-17(27)10-8-15)20(16-5-4-6-18(28)11-16)13-24(2,23(32)35)14-21(33)34/h4-11,19-20,22,36-37H,3,12-14H2,1-2H3,(H,33,34)/t19-,20?,22+,24+/m0/s1. The summed E-state index contributed by atoms with van der Waals surface area (Å²) in [6, 6.07) is 11.1. The molecule has 1 aliphatic rings. The molecule has 0 radical (unpaired) electrons. The Hall–Kier alpha value is -2.33. The van der Waals surface area contributed by atoms with Gasteiger partial charge in [-0.15, -0.1) is 0 Å². The van der Waals surface area contributed by atoms with Crippen LogP contribution < -0.4 is 0 Å². The molecule has 0 saturated carbocycles. The first-order valence-electron chi connectivity index (χ1n) is 11.7. The first-order chi connectivity index (χ1) is 17.1. The summed E-state index contributed by atoms with van der Waals surface area (Å²) in [7, 11) is 0. The van der Waals surface area contributed by atoms with Crippen molar-refractivity contribution in [2.24, 2.45) is 5.41 Å². The van der Waals surface area contributed by atoms with E-state index in [0.29, 0.717) is 21.2 Å². The van der Waals surface area contributed by atoms with Crippen molar-refractivity contribution in [2.45, 2.75) is 69.5 Å². The average Bonchev–Trinajstić information content (AvgIpc) is 2.78. The highest BCUT2D eigenvalue weighted by molar-refractivity contribution is 6.30. The minimum atomic E-state index is -5.37. The lowest BCUT2D eigenvalue weighted by Crippen LogP contribution is -2.59. The van der Waals surface area contributed by atoms with Crippen molar-refractivity contribution >= 4 is 35.1 Å². The number of aliphatic hydroxyl groups is 2. The second-order valence-corrected chi connectivity index (χ2v) is 10.7. The molecule has 2 aromatic rings. The molecule has 11 heteroatoms. The third-order valence-corrected chi connectivity index (χ3v) is 7.46. The zero-order valence-electron chi connectivity index (χ0n) is 20.2. The SMILES string of the molecule is CC[C@@H](CC(O)(O)C(F)(F)F)N1C(=O)[C@@](C)(CC(=O)O)CC(c2cccc(Cl)c2)[C@H]1c1ccc(Cl)cc1. The molecule has 1 amide bonds. The number of rotatable bonds is 8. The van der Waals surface area contributed by atoms with Gasteiger partial charge in [0.15, 0.2) is 0 Å². The van der Waals surface area contributed by atoms with Gasteiger partial charge in [-0.25, -0.2) is 0 Å². The summed E-state index contributed by atoms with van der Waals surface area (Å²) in [6.45, 7) is 2.99. The molecule has 3 N–H and O–H groups in total. The van der Waals surface area contributed by atoms with Crippen molar-refractivity contribution in [2.75, 3.05) is 0 Å². The van der Waals surface area contributed by atoms with Crippen molar-refractivity contribution in [1.82, 2.24) is 4.90 Å². The lowest BCUT2D eigenvalue weighted by atomic mass is 9.66. The van der Waals surface area contributed by atoms with Gasteiger partial charge >= 0.3 is 12.1 Å². The third-order valence-electron chi connectivity index (χ3n) is 6.97. The lowest BCUT2D eigenvalue weighted by molar-refractivity contribution is -0.354. The highest BCUT2D eigenvalue weighted by Gasteiger charge is 2.57. The quantitative estimate of drug-likeness (QED) is 0.346. The fourth-order valence-corrected chi connectivity index (χ4v) is 5.49. The van der Waals surface area contributed by atoms with Crippen LogP contribution in [0.3, 0.4) is 0 Å². The van der Waals surface area contributed by atoms with E-state index in [1.54, 1.807) is 48.5 Å². The van der Waals surface area contributed by atoms with Crippen molar-refractivity contribution in [1.29, 1.82) is 0 Å². The molecular formula is C26H28Cl2F3NO5. The fourth-order valence-electron chi connectivity index (χ4n) is 5.16. The summed E-state index contributed by atoms with van der Waals surface area (Å²) in [5.74, 6) is -6.57. The van der Waals surface area contributed by atoms with Crippen molar-refractivity contribution in [3.63, 3.8) is 0 Å². The average molecular weight is 562 g/mol. The van der Waals surface area contributed by atoms with E-state index in [1.807, 2.05) is 0 Å². The Labute approximate surface area is 222 Å². The van der Waals surface area contributed by atoms with Crippen molar-refractivity contribution in [3.05, 3.63) is 69.7 Å². The van der Waals surface area contributed by atoms with Crippen LogP contribution in [0.25, 0.3) is 0 Å². The van der Waals surface area contributed by atoms with E-state index in [1.165, 1.54) is 18.7 Å². The number of alkyl halides is 3. The molecule has 0 aromatic heterocycles. The number of carboxylic acid groups (broad SMARTS) is 1. The molecule has 6 nitrogen and oxygen atoms in total. The van der Waals surface area contributed by atoms with Gasteiger partial charge in [-0.1, -0.05) is 61.3 Å². The normalized spacial score (nSPS) is 23.7. The number of benzene rings is 2. The molecular weight excluding hydrogens is 534 g/mol. The lowest BCUT2D eigenvalue weighted by Gasteiger charge is -2.52. The van der Waals surface area contributed by atoms with Crippen molar-refractivity contribution in [3.8, 4) is 0 Å². The third kappa shape index (κ3) is 6.22. The van der Waals surface area contributed by atoms with E-state index in [-0.39, 0.29) is 12.8 Å². The minimum absolute atomic E-state index is 0.0554. The van der Waals surface area contributed by atoms with Gasteiger partial charge < -0.3 is 20.2 Å². The Morgan fingerprint density at radius 1 is 1.11 bits per heavy atom. The van der Waals surface area contributed by atoms with E-state index in [2.05, 4.69) is 0 Å². The van der Waals surface area contributed by atoms with Crippen LogP contribution in [-0.2, 0) is 9.59 Å². The van der Waals surface area contributed by atoms with Gasteiger partial charge in [-0.05, 0) is 48.2 Å². The molecule has 1 unspecified atom stereocenters. The Balaban J connectivity index is 2.25. The molecule has 1 heterocycles. The van der Waals surface area contributed by atoms with Crippen LogP contribution >= 0.6 is 23.2 Å². The van der Waals surface area contributed by atoms with Crippen LogP contribution in [0.1, 0.15) is 62.6 Å². The Morgan fingerprint density at radius 3 is 2.24 bits per heavy atom. The number of nitrogens with zero attached hydrogens (tertiary/aromatic N) is 1. The van der Waals surface area contributed by atoms with Gasteiger partial charge in [0.1, 0.15) is 0 Å². The molecule has 0 spiro atoms. The summed E-state index contributed by atoms with van der Waals surface area (Å²) in [4.78, 5) is 27.0. The number of carboxylic acids is 1. The monoisotopic (exact) mass is 561 g/mol.